The van der Waals surface area contributed by atoms with Gasteiger partial charge in [-0.3, -0.25) is 4.79 Å². The molecule has 1 amide bonds. The van der Waals surface area contributed by atoms with Gasteiger partial charge in [0, 0.05) is 15.2 Å². The lowest BCUT2D eigenvalue weighted by atomic mass is 10.2. The second kappa shape index (κ2) is 5.74. The third kappa shape index (κ3) is 3.25. The molecular formula is C10H6F2IN3OS. The van der Waals surface area contributed by atoms with Gasteiger partial charge in [-0.15, -0.1) is 5.10 Å². The van der Waals surface area contributed by atoms with Gasteiger partial charge in [-0.05, 0) is 28.7 Å². The minimum Gasteiger partial charge on any atom is -0.303 e. The fourth-order valence-electron chi connectivity index (χ4n) is 1.16. The molecule has 1 fully saturated rings. The number of hydrogen-bond acceptors (Lipinski definition) is 4. The van der Waals surface area contributed by atoms with Crippen LogP contribution in [0.2, 0.25) is 0 Å². The number of benzene rings is 1. The van der Waals surface area contributed by atoms with Crippen molar-refractivity contribution < 1.29 is 13.6 Å². The van der Waals surface area contributed by atoms with E-state index < -0.39 is 11.6 Å². The molecule has 0 aromatic heterocycles. The van der Waals surface area contributed by atoms with Gasteiger partial charge in [0.05, 0.1) is 12.0 Å². The predicted molar refractivity (Wildman–Crippen MR) is 74.7 cm³/mol. The van der Waals surface area contributed by atoms with Crippen LogP contribution < -0.4 is 5.32 Å². The number of carbonyl (C=O) groups is 1. The third-order valence-corrected chi connectivity index (χ3v) is 3.66. The lowest BCUT2D eigenvalue weighted by molar-refractivity contribution is -0.116. The highest BCUT2D eigenvalue weighted by molar-refractivity contribution is 14.1. The molecule has 0 unspecified atom stereocenters. The molecule has 1 aliphatic heterocycles. The standard InChI is InChI=1S/C10H6F2IN3OS/c11-6-2-7(12)8(13)1-5(6)3-14-16-10-15-9(17)4-18-10/h1-3H,4H2,(H,15,16,17). The van der Waals surface area contributed by atoms with Crippen molar-refractivity contribution in [1.82, 2.24) is 5.32 Å². The Balaban J connectivity index is 2.14. The first-order chi connectivity index (χ1) is 8.56. The number of amides is 1. The Morgan fingerprint density at radius 3 is 2.83 bits per heavy atom. The van der Waals surface area contributed by atoms with Gasteiger partial charge in [0.15, 0.2) is 5.17 Å². The van der Waals surface area contributed by atoms with E-state index in [1.165, 1.54) is 24.0 Å². The van der Waals surface area contributed by atoms with E-state index in [2.05, 4.69) is 15.5 Å². The maximum atomic E-state index is 13.3. The van der Waals surface area contributed by atoms with Crippen LogP contribution in [-0.4, -0.2) is 23.0 Å². The molecule has 0 aliphatic carbocycles. The number of nitrogens with one attached hydrogen (secondary N) is 1. The zero-order valence-corrected chi connectivity index (χ0v) is 11.8. The molecule has 1 heterocycles. The van der Waals surface area contributed by atoms with Gasteiger partial charge in [-0.2, -0.15) is 5.10 Å². The maximum absolute atomic E-state index is 13.3. The van der Waals surface area contributed by atoms with Gasteiger partial charge < -0.3 is 5.32 Å². The molecule has 0 atom stereocenters. The summed E-state index contributed by atoms with van der Waals surface area (Å²) in [6.45, 7) is 0. The first-order valence-corrected chi connectivity index (χ1v) is 6.81. The summed E-state index contributed by atoms with van der Waals surface area (Å²) in [5, 5.41) is 10.2. The summed E-state index contributed by atoms with van der Waals surface area (Å²) in [4.78, 5) is 10.9. The molecule has 0 bridgehead atoms. The summed E-state index contributed by atoms with van der Waals surface area (Å²) in [5.41, 5.74) is 0.138. The number of hydrogen-bond donors (Lipinski definition) is 1. The molecule has 4 nitrogen and oxygen atoms in total. The predicted octanol–water partition coefficient (Wildman–Crippen LogP) is 2.12. The summed E-state index contributed by atoms with van der Waals surface area (Å²) in [7, 11) is 0. The van der Waals surface area contributed by atoms with Crippen LogP contribution >= 0.6 is 34.4 Å². The van der Waals surface area contributed by atoms with Crippen molar-refractivity contribution in [1.29, 1.82) is 0 Å². The van der Waals surface area contributed by atoms with Gasteiger partial charge in [0.2, 0.25) is 5.91 Å². The zero-order valence-electron chi connectivity index (χ0n) is 8.78. The average Bonchev–Trinajstić information content (AvgIpc) is 2.71. The van der Waals surface area contributed by atoms with Gasteiger partial charge in [0.25, 0.3) is 0 Å². The van der Waals surface area contributed by atoms with E-state index in [9.17, 15) is 13.6 Å². The Hall–Kier alpha value is -1.03. The van der Waals surface area contributed by atoms with Crippen LogP contribution in [0, 0.1) is 15.2 Å². The molecule has 0 radical (unpaired) electrons. The number of nitrogens with zero attached hydrogens (tertiary/aromatic N) is 2. The van der Waals surface area contributed by atoms with Crippen LogP contribution in [0.5, 0.6) is 0 Å². The van der Waals surface area contributed by atoms with E-state index >= 15 is 0 Å². The monoisotopic (exact) mass is 381 g/mol. The molecule has 0 spiro atoms. The van der Waals surface area contributed by atoms with Crippen LogP contribution in [0.25, 0.3) is 0 Å². The number of thioether (sulfide) groups is 1. The van der Waals surface area contributed by atoms with E-state index in [0.717, 1.165) is 6.07 Å². The van der Waals surface area contributed by atoms with Crippen molar-refractivity contribution in [2.45, 2.75) is 0 Å². The number of halogens is 3. The van der Waals surface area contributed by atoms with E-state index in [0.29, 0.717) is 14.5 Å². The van der Waals surface area contributed by atoms with E-state index in [1.54, 1.807) is 22.6 Å². The molecule has 18 heavy (non-hydrogen) atoms. The SMILES string of the molecule is O=C1CSC(=NN=Cc2cc(I)c(F)cc2F)N1. The largest absolute Gasteiger partial charge is 0.303 e. The van der Waals surface area contributed by atoms with Crippen molar-refractivity contribution in [3.63, 3.8) is 0 Å². The Kier molecular flexibility index (Phi) is 4.27. The molecule has 1 aromatic rings. The zero-order chi connectivity index (χ0) is 13.1. The lowest BCUT2D eigenvalue weighted by Gasteiger charge is -1.98. The van der Waals surface area contributed by atoms with Crippen molar-refractivity contribution >= 4 is 51.6 Å². The highest BCUT2D eigenvalue weighted by Crippen LogP contribution is 2.15. The first kappa shape index (κ1) is 13.4. The fraction of sp³-hybridized carbons (Fsp3) is 0.100. The summed E-state index contributed by atoms with van der Waals surface area (Å²) >= 11 is 2.97. The molecule has 94 valence electrons. The molecule has 1 saturated heterocycles. The van der Waals surface area contributed by atoms with Crippen LogP contribution in [0.1, 0.15) is 5.56 Å². The molecule has 1 aliphatic rings. The van der Waals surface area contributed by atoms with Crippen molar-refractivity contribution in [3.8, 4) is 0 Å². The maximum Gasteiger partial charge on any atom is 0.236 e. The quantitative estimate of drug-likeness (QED) is 0.369. The first-order valence-electron chi connectivity index (χ1n) is 4.74. The normalized spacial score (nSPS) is 17.7. The van der Waals surface area contributed by atoms with Crippen molar-refractivity contribution in [3.05, 3.63) is 32.9 Å². The summed E-state index contributed by atoms with van der Waals surface area (Å²) < 4.78 is 26.6. The van der Waals surface area contributed by atoms with Gasteiger partial charge in [0.1, 0.15) is 11.6 Å². The Morgan fingerprint density at radius 2 is 2.17 bits per heavy atom. The van der Waals surface area contributed by atoms with Crippen LogP contribution in [0.15, 0.2) is 22.3 Å². The third-order valence-electron chi connectivity index (χ3n) is 1.97. The van der Waals surface area contributed by atoms with Gasteiger partial charge in [-0.25, -0.2) is 8.78 Å². The van der Waals surface area contributed by atoms with Gasteiger partial charge in [-0.1, -0.05) is 11.8 Å². The number of amidine groups is 1. The van der Waals surface area contributed by atoms with Crippen LogP contribution in [0.3, 0.4) is 0 Å². The van der Waals surface area contributed by atoms with E-state index in [-0.39, 0.29) is 11.5 Å². The molecule has 0 saturated carbocycles. The highest BCUT2D eigenvalue weighted by atomic mass is 127. The van der Waals surface area contributed by atoms with E-state index in [1.807, 2.05) is 0 Å². The topological polar surface area (TPSA) is 53.8 Å². The Morgan fingerprint density at radius 1 is 1.39 bits per heavy atom. The second-order valence-corrected chi connectivity index (χ2v) is 5.40. The van der Waals surface area contributed by atoms with Crippen LogP contribution in [-0.2, 0) is 4.79 Å². The smallest absolute Gasteiger partial charge is 0.236 e. The van der Waals surface area contributed by atoms with Crippen molar-refractivity contribution in [2.75, 3.05) is 5.75 Å². The van der Waals surface area contributed by atoms with Gasteiger partial charge >= 0.3 is 0 Å². The molecule has 1 N–H and O–H groups in total. The lowest BCUT2D eigenvalue weighted by Crippen LogP contribution is -2.19. The minimum atomic E-state index is -0.708. The Bertz CT molecular complexity index is 562. The highest BCUT2D eigenvalue weighted by Gasteiger charge is 2.16. The average molecular weight is 381 g/mol. The van der Waals surface area contributed by atoms with Crippen molar-refractivity contribution in [2.24, 2.45) is 10.2 Å². The molecule has 2 rings (SSSR count). The summed E-state index contributed by atoms with van der Waals surface area (Å²) in [6, 6.07) is 2.12. The molecule has 8 heteroatoms. The Labute approximate surface area is 119 Å². The summed E-state index contributed by atoms with van der Waals surface area (Å²) in [6.07, 6.45) is 1.18. The molecular weight excluding hydrogens is 375 g/mol. The molecule has 1 aromatic carbocycles. The van der Waals surface area contributed by atoms with E-state index in [4.69, 9.17) is 0 Å². The summed E-state index contributed by atoms with van der Waals surface area (Å²) in [5.74, 6) is -1.16. The number of rotatable bonds is 2. The fourth-order valence-corrected chi connectivity index (χ4v) is 2.28. The number of carbonyl (C=O) groups excluding carboxylic acids is 1. The second-order valence-electron chi connectivity index (χ2n) is 3.27. The minimum absolute atomic E-state index is 0.138. The van der Waals surface area contributed by atoms with Crippen LogP contribution in [0.4, 0.5) is 8.78 Å².